The SMILES string of the molecule is C/C(=N/NC(=N)N/N=C(/C)C(C)C)C(C)C. The van der Waals surface area contributed by atoms with Crippen molar-refractivity contribution in [2.75, 3.05) is 0 Å². The first kappa shape index (κ1) is 14.6. The first-order valence-electron chi connectivity index (χ1n) is 5.53. The summed E-state index contributed by atoms with van der Waals surface area (Å²) in [6, 6.07) is 0. The lowest BCUT2D eigenvalue weighted by molar-refractivity contribution is 0.815. The number of hydrogen-bond acceptors (Lipinski definition) is 3. The third-order valence-electron chi connectivity index (χ3n) is 2.36. The Labute approximate surface area is 97.9 Å². The molecule has 0 bridgehead atoms. The van der Waals surface area contributed by atoms with Gasteiger partial charge in [0.15, 0.2) is 0 Å². The van der Waals surface area contributed by atoms with Gasteiger partial charge in [0.1, 0.15) is 0 Å². The number of rotatable bonds is 4. The zero-order valence-electron chi connectivity index (χ0n) is 11.0. The molecule has 0 aromatic carbocycles. The fourth-order valence-electron chi connectivity index (χ4n) is 0.571. The van der Waals surface area contributed by atoms with Gasteiger partial charge in [0.05, 0.1) is 0 Å². The first-order chi connectivity index (χ1) is 7.34. The van der Waals surface area contributed by atoms with E-state index in [0.29, 0.717) is 11.8 Å². The van der Waals surface area contributed by atoms with Gasteiger partial charge in [-0.2, -0.15) is 10.2 Å². The summed E-state index contributed by atoms with van der Waals surface area (Å²) in [7, 11) is 0. The molecule has 0 radical (unpaired) electrons. The molecule has 0 fully saturated rings. The number of nitrogens with zero attached hydrogens (tertiary/aromatic N) is 2. The van der Waals surface area contributed by atoms with Crippen molar-refractivity contribution in [1.82, 2.24) is 10.9 Å². The van der Waals surface area contributed by atoms with Crippen molar-refractivity contribution in [3.05, 3.63) is 0 Å². The third-order valence-corrected chi connectivity index (χ3v) is 2.36. The van der Waals surface area contributed by atoms with Crippen LogP contribution in [0.3, 0.4) is 0 Å². The number of nitrogens with one attached hydrogen (secondary N) is 3. The van der Waals surface area contributed by atoms with Crippen LogP contribution in [-0.4, -0.2) is 17.4 Å². The van der Waals surface area contributed by atoms with Gasteiger partial charge in [-0.3, -0.25) is 5.41 Å². The van der Waals surface area contributed by atoms with Crippen molar-refractivity contribution in [1.29, 1.82) is 5.41 Å². The summed E-state index contributed by atoms with van der Waals surface area (Å²) in [6.07, 6.45) is 0. The Hall–Kier alpha value is -1.39. The second-order valence-electron chi connectivity index (χ2n) is 4.41. The fraction of sp³-hybridized carbons (Fsp3) is 0.727. The lowest BCUT2D eigenvalue weighted by Crippen LogP contribution is -2.31. The summed E-state index contributed by atoms with van der Waals surface area (Å²) in [5, 5.41) is 15.6. The maximum absolute atomic E-state index is 7.52. The lowest BCUT2D eigenvalue weighted by Gasteiger charge is -2.08. The van der Waals surface area contributed by atoms with Crippen molar-refractivity contribution in [3.63, 3.8) is 0 Å². The maximum Gasteiger partial charge on any atom is 0.230 e. The highest BCUT2D eigenvalue weighted by atomic mass is 15.5. The van der Waals surface area contributed by atoms with Crippen LogP contribution in [0.25, 0.3) is 0 Å². The Morgan fingerprint density at radius 3 is 1.44 bits per heavy atom. The zero-order chi connectivity index (χ0) is 12.7. The molecule has 5 nitrogen and oxygen atoms in total. The Morgan fingerprint density at radius 1 is 0.875 bits per heavy atom. The molecule has 3 N–H and O–H groups in total. The molecule has 0 aliphatic rings. The van der Waals surface area contributed by atoms with Crippen LogP contribution in [0.15, 0.2) is 10.2 Å². The van der Waals surface area contributed by atoms with E-state index in [0.717, 1.165) is 11.4 Å². The van der Waals surface area contributed by atoms with Gasteiger partial charge in [0.25, 0.3) is 0 Å². The van der Waals surface area contributed by atoms with Gasteiger partial charge in [-0.25, -0.2) is 10.9 Å². The molecule has 5 heteroatoms. The molecule has 0 unspecified atom stereocenters. The highest BCUT2D eigenvalue weighted by Crippen LogP contribution is 1.95. The molecule has 0 aliphatic heterocycles. The largest absolute Gasteiger partial charge is 0.266 e. The lowest BCUT2D eigenvalue weighted by atomic mass is 10.1. The summed E-state index contributed by atoms with van der Waals surface area (Å²) in [4.78, 5) is 0. The second-order valence-corrected chi connectivity index (χ2v) is 4.41. The molecule has 92 valence electrons. The van der Waals surface area contributed by atoms with Crippen molar-refractivity contribution < 1.29 is 0 Å². The molecule has 0 aliphatic carbocycles. The van der Waals surface area contributed by atoms with Crippen molar-refractivity contribution in [3.8, 4) is 0 Å². The van der Waals surface area contributed by atoms with E-state index in [4.69, 9.17) is 5.41 Å². The number of hydrazone groups is 2. The van der Waals surface area contributed by atoms with E-state index in [2.05, 4.69) is 48.7 Å². The van der Waals surface area contributed by atoms with Crippen LogP contribution >= 0.6 is 0 Å². The van der Waals surface area contributed by atoms with Crippen LogP contribution < -0.4 is 10.9 Å². The highest BCUT2D eigenvalue weighted by Gasteiger charge is 2.00. The molecular formula is C11H23N5. The van der Waals surface area contributed by atoms with E-state index < -0.39 is 0 Å². The summed E-state index contributed by atoms with van der Waals surface area (Å²) in [6.45, 7) is 12.1. The van der Waals surface area contributed by atoms with E-state index in [1.807, 2.05) is 13.8 Å². The van der Waals surface area contributed by atoms with Gasteiger partial charge in [0, 0.05) is 11.4 Å². The van der Waals surface area contributed by atoms with Gasteiger partial charge in [0.2, 0.25) is 5.96 Å². The molecule has 0 amide bonds. The molecule has 0 aromatic rings. The molecule has 0 atom stereocenters. The van der Waals surface area contributed by atoms with Crippen LogP contribution in [0, 0.1) is 17.2 Å². The Morgan fingerprint density at radius 2 is 1.19 bits per heavy atom. The molecule has 0 rings (SSSR count). The molecule has 0 saturated heterocycles. The molecule has 0 spiro atoms. The number of hydrogen-bond donors (Lipinski definition) is 3. The van der Waals surface area contributed by atoms with Crippen LogP contribution in [0.5, 0.6) is 0 Å². The molecule has 0 aromatic heterocycles. The summed E-state index contributed by atoms with van der Waals surface area (Å²) in [5.74, 6) is 0.836. The second kappa shape index (κ2) is 6.98. The summed E-state index contributed by atoms with van der Waals surface area (Å²) < 4.78 is 0. The summed E-state index contributed by atoms with van der Waals surface area (Å²) >= 11 is 0. The Bertz CT molecular complexity index is 261. The predicted octanol–water partition coefficient (Wildman–Crippen LogP) is 2.16. The molecular weight excluding hydrogens is 202 g/mol. The standard InChI is InChI=1S/C11H23N5/c1-7(2)9(5)13-15-11(12)16-14-10(6)8(3)4/h7-8H,1-6H3,(H3,12,15,16)/b13-9-,14-10-. The Balaban J connectivity index is 4.11. The quantitative estimate of drug-likeness (QED) is 0.390. The van der Waals surface area contributed by atoms with Gasteiger partial charge in [-0.05, 0) is 25.7 Å². The van der Waals surface area contributed by atoms with E-state index in [-0.39, 0.29) is 5.96 Å². The molecule has 0 saturated carbocycles. The van der Waals surface area contributed by atoms with Crippen LogP contribution in [0.1, 0.15) is 41.5 Å². The minimum absolute atomic E-state index is 0.0833. The van der Waals surface area contributed by atoms with E-state index in [1.54, 1.807) is 0 Å². The zero-order valence-corrected chi connectivity index (χ0v) is 11.0. The topological polar surface area (TPSA) is 72.6 Å². The molecule has 16 heavy (non-hydrogen) atoms. The summed E-state index contributed by atoms with van der Waals surface area (Å²) in [5.41, 5.74) is 7.13. The Kier molecular flexibility index (Phi) is 6.37. The van der Waals surface area contributed by atoms with Crippen LogP contribution in [-0.2, 0) is 0 Å². The highest BCUT2D eigenvalue weighted by molar-refractivity contribution is 5.87. The predicted molar refractivity (Wildman–Crippen MR) is 69.9 cm³/mol. The van der Waals surface area contributed by atoms with Gasteiger partial charge in [-0.1, -0.05) is 27.7 Å². The smallest absolute Gasteiger partial charge is 0.230 e. The minimum atomic E-state index is 0.0833. The maximum atomic E-state index is 7.52. The van der Waals surface area contributed by atoms with Gasteiger partial charge in [-0.15, -0.1) is 0 Å². The van der Waals surface area contributed by atoms with Crippen LogP contribution in [0.4, 0.5) is 0 Å². The molecule has 0 heterocycles. The average Bonchev–Trinajstić information content (AvgIpc) is 2.21. The third kappa shape index (κ3) is 6.16. The fourth-order valence-corrected chi connectivity index (χ4v) is 0.571. The first-order valence-corrected chi connectivity index (χ1v) is 5.53. The van der Waals surface area contributed by atoms with Crippen molar-refractivity contribution >= 4 is 17.4 Å². The van der Waals surface area contributed by atoms with Gasteiger partial charge >= 0.3 is 0 Å². The van der Waals surface area contributed by atoms with Crippen molar-refractivity contribution in [2.24, 2.45) is 22.0 Å². The van der Waals surface area contributed by atoms with E-state index in [1.165, 1.54) is 0 Å². The number of guanidine groups is 1. The minimum Gasteiger partial charge on any atom is -0.266 e. The average molecular weight is 225 g/mol. The van der Waals surface area contributed by atoms with Crippen LogP contribution in [0.2, 0.25) is 0 Å². The van der Waals surface area contributed by atoms with E-state index in [9.17, 15) is 0 Å². The normalized spacial score (nSPS) is 13.2. The van der Waals surface area contributed by atoms with E-state index >= 15 is 0 Å². The van der Waals surface area contributed by atoms with Gasteiger partial charge < -0.3 is 0 Å². The van der Waals surface area contributed by atoms with Crippen molar-refractivity contribution in [2.45, 2.75) is 41.5 Å². The monoisotopic (exact) mass is 225 g/mol.